The first-order valence-electron chi connectivity index (χ1n) is 13.2. The Labute approximate surface area is 242 Å². The number of carbonyl (C=O) groups is 2. The summed E-state index contributed by atoms with van der Waals surface area (Å²) in [5, 5.41) is 15.8. The van der Waals surface area contributed by atoms with Crippen LogP contribution in [-0.2, 0) is 24.2 Å². The third kappa shape index (κ3) is 8.65. The number of anilines is 1. The summed E-state index contributed by atoms with van der Waals surface area (Å²) in [4.78, 5) is 29.4. The molecule has 214 valence electrons. The lowest BCUT2D eigenvalue weighted by molar-refractivity contribution is -0.139. The summed E-state index contributed by atoms with van der Waals surface area (Å²) in [5.74, 6) is -1.64. The number of aryl methyl sites for hydroxylation is 2. The van der Waals surface area contributed by atoms with Gasteiger partial charge in [0.25, 0.3) is 5.91 Å². The van der Waals surface area contributed by atoms with Gasteiger partial charge < -0.3 is 20.3 Å². The number of nitrogens with one attached hydrogen (secondary N) is 2. The van der Waals surface area contributed by atoms with Gasteiger partial charge in [0.2, 0.25) is 0 Å². The van der Waals surface area contributed by atoms with Crippen LogP contribution in [0.4, 0.5) is 14.5 Å². The fourth-order valence-corrected chi connectivity index (χ4v) is 4.96. The summed E-state index contributed by atoms with van der Waals surface area (Å²) in [6.07, 6.45) is 8.44. The van der Waals surface area contributed by atoms with Crippen molar-refractivity contribution < 1.29 is 23.5 Å². The minimum absolute atomic E-state index is 0.279. The number of imidazole rings is 1. The van der Waals surface area contributed by atoms with E-state index in [1.807, 2.05) is 29.2 Å². The Balaban J connectivity index is 1.63. The Morgan fingerprint density at radius 1 is 1.00 bits per heavy atom. The summed E-state index contributed by atoms with van der Waals surface area (Å²) < 4.78 is 28.9. The molecule has 1 amide bonds. The molecule has 1 heterocycles. The molecule has 0 aliphatic heterocycles. The van der Waals surface area contributed by atoms with Crippen LogP contribution in [0, 0.1) is 11.6 Å². The van der Waals surface area contributed by atoms with Gasteiger partial charge in [-0.25, -0.2) is 18.6 Å². The van der Waals surface area contributed by atoms with Crippen molar-refractivity contribution in [3.63, 3.8) is 0 Å². The van der Waals surface area contributed by atoms with E-state index in [1.165, 1.54) is 36.0 Å². The van der Waals surface area contributed by atoms with E-state index in [9.17, 15) is 23.5 Å². The minimum Gasteiger partial charge on any atom is -0.480 e. The number of carboxylic acids is 1. The van der Waals surface area contributed by atoms with E-state index in [-0.39, 0.29) is 17.7 Å². The van der Waals surface area contributed by atoms with E-state index in [2.05, 4.69) is 15.6 Å². The number of halogens is 2. The predicted octanol–water partition coefficient (Wildman–Crippen LogP) is 5.74. The zero-order valence-electron chi connectivity index (χ0n) is 22.6. The first-order valence-corrected chi connectivity index (χ1v) is 14.6. The van der Waals surface area contributed by atoms with Crippen molar-refractivity contribution in [2.75, 3.05) is 17.3 Å². The normalized spacial score (nSPS) is 12.5. The molecule has 0 saturated carbocycles. The second kappa shape index (κ2) is 14.5. The molecule has 0 saturated heterocycles. The van der Waals surface area contributed by atoms with Crippen molar-refractivity contribution in [3.05, 3.63) is 119 Å². The van der Waals surface area contributed by atoms with E-state index in [0.717, 1.165) is 16.7 Å². The van der Waals surface area contributed by atoms with E-state index in [0.29, 0.717) is 42.8 Å². The molecule has 4 aromatic rings. The Kier molecular flexibility index (Phi) is 10.5. The Bertz CT molecular complexity index is 1430. The van der Waals surface area contributed by atoms with Gasteiger partial charge in [-0.1, -0.05) is 30.3 Å². The molecule has 1 aromatic heterocycles. The average molecular weight is 579 g/mol. The van der Waals surface area contributed by atoms with Crippen molar-refractivity contribution in [2.45, 2.75) is 37.9 Å². The molecule has 3 aromatic carbocycles. The predicted molar refractivity (Wildman–Crippen MR) is 157 cm³/mol. The highest BCUT2D eigenvalue weighted by molar-refractivity contribution is 7.98. The summed E-state index contributed by atoms with van der Waals surface area (Å²) in [6, 6.07) is 16.5. The molecule has 2 atom stereocenters. The van der Waals surface area contributed by atoms with Crippen LogP contribution < -0.4 is 10.6 Å². The third-order valence-corrected chi connectivity index (χ3v) is 7.37. The number of rotatable bonds is 14. The van der Waals surface area contributed by atoms with Crippen LogP contribution in [0.1, 0.15) is 39.5 Å². The van der Waals surface area contributed by atoms with Gasteiger partial charge in [-0.2, -0.15) is 11.8 Å². The van der Waals surface area contributed by atoms with Gasteiger partial charge in [0.1, 0.15) is 17.7 Å². The number of thioether (sulfide) groups is 1. The maximum absolute atomic E-state index is 13.7. The highest BCUT2D eigenvalue weighted by Gasteiger charge is 2.23. The quantitative estimate of drug-likeness (QED) is 0.177. The van der Waals surface area contributed by atoms with Crippen molar-refractivity contribution >= 4 is 29.3 Å². The topological polar surface area (TPSA) is 96.3 Å². The SMILES string of the molecule is CSCC[C@H](NC(=O)c1cc(NC(Cn2ccnc2)c2ccc(F)cc2)ccc1CCc1ccc(F)cc1)C(=O)O. The Morgan fingerprint density at radius 3 is 2.34 bits per heavy atom. The van der Waals surface area contributed by atoms with E-state index in [4.69, 9.17) is 0 Å². The fraction of sp³-hybridized carbons (Fsp3) is 0.258. The van der Waals surface area contributed by atoms with Gasteiger partial charge in [0.15, 0.2) is 0 Å². The molecule has 0 bridgehead atoms. The summed E-state index contributed by atoms with van der Waals surface area (Å²) >= 11 is 1.51. The number of carboxylic acid groups (broad SMARTS) is 1. The highest BCUT2D eigenvalue weighted by Crippen LogP contribution is 2.25. The number of hydrogen-bond donors (Lipinski definition) is 3. The molecule has 0 fully saturated rings. The Morgan fingerprint density at radius 2 is 1.71 bits per heavy atom. The van der Waals surface area contributed by atoms with Crippen LogP contribution in [0.25, 0.3) is 0 Å². The molecule has 41 heavy (non-hydrogen) atoms. The first-order chi connectivity index (χ1) is 19.8. The smallest absolute Gasteiger partial charge is 0.326 e. The summed E-state index contributed by atoms with van der Waals surface area (Å²) in [5.41, 5.74) is 3.49. The van der Waals surface area contributed by atoms with Crippen molar-refractivity contribution in [1.29, 1.82) is 0 Å². The zero-order chi connectivity index (χ0) is 29.2. The lowest BCUT2D eigenvalue weighted by Crippen LogP contribution is -2.41. The van der Waals surface area contributed by atoms with Crippen molar-refractivity contribution in [2.24, 2.45) is 0 Å². The molecule has 0 aliphatic rings. The first kappa shape index (κ1) is 29.8. The van der Waals surface area contributed by atoms with Crippen LogP contribution in [0.2, 0.25) is 0 Å². The maximum atomic E-state index is 13.7. The molecule has 10 heteroatoms. The van der Waals surface area contributed by atoms with E-state index >= 15 is 0 Å². The van der Waals surface area contributed by atoms with Crippen LogP contribution in [0.3, 0.4) is 0 Å². The molecule has 1 unspecified atom stereocenters. The van der Waals surface area contributed by atoms with Crippen molar-refractivity contribution in [3.8, 4) is 0 Å². The number of benzene rings is 3. The zero-order valence-corrected chi connectivity index (χ0v) is 23.4. The number of amides is 1. The lowest BCUT2D eigenvalue weighted by Gasteiger charge is -2.22. The largest absolute Gasteiger partial charge is 0.480 e. The number of aliphatic carboxylic acids is 1. The van der Waals surface area contributed by atoms with Crippen molar-refractivity contribution in [1.82, 2.24) is 14.9 Å². The van der Waals surface area contributed by atoms with Gasteiger partial charge in [0, 0.05) is 30.2 Å². The molecule has 4 rings (SSSR count). The molecular weight excluding hydrogens is 546 g/mol. The van der Waals surface area contributed by atoms with Crippen LogP contribution in [0.5, 0.6) is 0 Å². The fourth-order valence-electron chi connectivity index (χ4n) is 4.49. The van der Waals surface area contributed by atoms with Gasteiger partial charge in [0.05, 0.1) is 12.4 Å². The molecule has 0 spiro atoms. The van der Waals surface area contributed by atoms with Gasteiger partial charge in [-0.15, -0.1) is 0 Å². The average Bonchev–Trinajstić information content (AvgIpc) is 3.48. The van der Waals surface area contributed by atoms with Gasteiger partial charge in [-0.3, -0.25) is 4.79 Å². The molecule has 0 radical (unpaired) electrons. The second-order valence-electron chi connectivity index (χ2n) is 9.65. The van der Waals surface area contributed by atoms with Crippen LogP contribution in [-0.4, -0.2) is 44.6 Å². The van der Waals surface area contributed by atoms with Crippen LogP contribution >= 0.6 is 11.8 Å². The molecule has 3 N–H and O–H groups in total. The van der Waals surface area contributed by atoms with Crippen LogP contribution in [0.15, 0.2) is 85.5 Å². The summed E-state index contributed by atoms with van der Waals surface area (Å²) in [7, 11) is 0. The standard InChI is InChI=1S/C31H32F2N4O3S/c1-41-17-14-28(31(39)40)36-30(38)27-18-26(13-8-22(27)5-2-21-3-9-24(32)10-4-21)35-29(19-37-16-15-34-20-37)23-6-11-25(33)12-7-23/h3-4,6-13,15-16,18,20,28-29,35H,2,5,14,17,19H2,1H3,(H,36,38)(H,39,40)/t28-,29?/m0/s1. The minimum atomic E-state index is -1.09. The number of hydrogen-bond acceptors (Lipinski definition) is 5. The third-order valence-electron chi connectivity index (χ3n) is 6.73. The number of carbonyl (C=O) groups excluding carboxylic acids is 1. The maximum Gasteiger partial charge on any atom is 0.326 e. The molecular formula is C31H32F2N4O3S. The number of nitrogens with zero attached hydrogens (tertiary/aromatic N) is 2. The summed E-state index contributed by atoms with van der Waals surface area (Å²) in [6.45, 7) is 0.495. The molecule has 0 aliphatic carbocycles. The second-order valence-corrected chi connectivity index (χ2v) is 10.6. The highest BCUT2D eigenvalue weighted by atomic mass is 32.2. The lowest BCUT2D eigenvalue weighted by atomic mass is 9.97. The number of aromatic nitrogens is 2. The monoisotopic (exact) mass is 578 g/mol. The molecule has 7 nitrogen and oxygen atoms in total. The van der Waals surface area contributed by atoms with E-state index in [1.54, 1.807) is 42.9 Å². The van der Waals surface area contributed by atoms with Gasteiger partial charge >= 0.3 is 5.97 Å². The van der Waals surface area contributed by atoms with E-state index < -0.39 is 17.9 Å². The Hall–Kier alpha value is -4.18. The van der Waals surface area contributed by atoms with Gasteiger partial charge in [-0.05, 0) is 84.4 Å².